The molecule has 0 atom stereocenters. The molecule has 0 bridgehead atoms. The zero-order valence-electron chi connectivity index (χ0n) is 16.4. The van der Waals surface area contributed by atoms with Crippen LogP contribution in [0, 0.1) is 13.8 Å². The van der Waals surface area contributed by atoms with Crippen LogP contribution in [0.4, 0.5) is 0 Å². The molecule has 2 heterocycles. The highest BCUT2D eigenvalue weighted by Gasteiger charge is 2.34. The van der Waals surface area contributed by atoms with Crippen molar-refractivity contribution >= 4 is 56.2 Å². The predicted molar refractivity (Wildman–Crippen MR) is 126 cm³/mol. The SMILES string of the molecule is C=CCOc1c(Br)cc(/C=C2/SC(=S)N(n3c(C)ccc3C)C2=O)cc1OCC. The van der Waals surface area contributed by atoms with Gasteiger partial charge < -0.3 is 9.47 Å². The summed E-state index contributed by atoms with van der Waals surface area (Å²) >= 11 is 10.3. The van der Waals surface area contributed by atoms with Crippen molar-refractivity contribution < 1.29 is 14.3 Å². The lowest BCUT2D eigenvalue weighted by Gasteiger charge is -2.20. The topological polar surface area (TPSA) is 43.7 Å². The molecule has 8 heteroatoms. The van der Waals surface area contributed by atoms with Crippen LogP contribution in [0.2, 0.25) is 0 Å². The van der Waals surface area contributed by atoms with Gasteiger partial charge in [-0.05, 0) is 84.8 Å². The summed E-state index contributed by atoms with van der Waals surface area (Å²) in [5, 5.41) is 1.54. The van der Waals surface area contributed by atoms with Crippen molar-refractivity contribution in [2.75, 3.05) is 18.2 Å². The summed E-state index contributed by atoms with van der Waals surface area (Å²) in [4.78, 5) is 13.6. The minimum atomic E-state index is -0.150. The van der Waals surface area contributed by atoms with E-state index in [-0.39, 0.29) is 5.91 Å². The van der Waals surface area contributed by atoms with Crippen molar-refractivity contribution in [2.24, 2.45) is 0 Å². The Bertz CT molecular complexity index is 994. The second-order valence-corrected chi connectivity index (χ2v) is 8.81. The molecule has 2 aromatic rings. The van der Waals surface area contributed by atoms with Gasteiger partial charge in [0.2, 0.25) is 0 Å². The Morgan fingerprint density at radius 1 is 1.24 bits per heavy atom. The number of halogens is 1. The molecule has 1 aromatic carbocycles. The molecule has 0 aliphatic carbocycles. The van der Waals surface area contributed by atoms with Crippen LogP contribution in [0.5, 0.6) is 11.5 Å². The van der Waals surface area contributed by atoms with Crippen LogP contribution in [0.15, 0.2) is 46.3 Å². The standard InChI is InChI=1S/C21H21BrN2O3S2/c1-5-9-27-19-16(22)10-15(11-17(19)26-6-2)12-18-20(25)24(21(28)29-18)23-13(3)7-8-14(23)4/h5,7-8,10-12H,1,6,9H2,2-4H3/b18-12+. The quantitative estimate of drug-likeness (QED) is 0.295. The van der Waals surface area contributed by atoms with Gasteiger partial charge in [-0.25, -0.2) is 0 Å². The number of amides is 1. The first-order valence-corrected chi connectivity index (χ1v) is 11.0. The molecular formula is C21H21BrN2O3S2. The number of ether oxygens (including phenoxy) is 2. The average Bonchev–Trinajstić information content (AvgIpc) is 3.13. The van der Waals surface area contributed by atoms with E-state index in [1.54, 1.807) is 6.08 Å². The zero-order chi connectivity index (χ0) is 21.1. The van der Waals surface area contributed by atoms with E-state index < -0.39 is 0 Å². The highest BCUT2D eigenvalue weighted by atomic mass is 79.9. The third-order valence-corrected chi connectivity index (χ3v) is 6.05. The van der Waals surface area contributed by atoms with Gasteiger partial charge in [0.05, 0.1) is 16.0 Å². The first-order chi connectivity index (χ1) is 13.9. The van der Waals surface area contributed by atoms with Gasteiger partial charge in [-0.3, -0.25) is 9.47 Å². The van der Waals surface area contributed by atoms with Gasteiger partial charge in [0.25, 0.3) is 5.91 Å². The van der Waals surface area contributed by atoms with Gasteiger partial charge in [0.15, 0.2) is 15.8 Å². The van der Waals surface area contributed by atoms with Crippen LogP contribution >= 0.6 is 39.9 Å². The van der Waals surface area contributed by atoms with Crippen LogP contribution in [0.1, 0.15) is 23.9 Å². The molecular weight excluding hydrogens is 472 g/mol. The number of nitrogens with zero attached hydrogens (tertiary/aromatic N) is 2. The molecule has 5 nitrogen and oxygen atoms in total. The normalized spacial score (nSPS) is 15.3. The summed E-state index contributed by atoms with van der Waals surface area (Å²) in [5.74, 6) is 1.06. The Morgan fingerprint density at radius 3 is 2.55 bits per heavy atom. The van der Waals surface area contributed by atoms with Crippen molar-refractivity contribution in [1.82, 2.24) is 4.68 Å². The van der Waals surface area contributed by atoms with E-state index in [9.17, 15) is 4.79 Å². The second kappa shape index (κ2) is 9.19. The van der Waals surface area contributed by atoms with Crippen molar-refractivity contribution in [2.45, 2.75) is 20.8 Å². The maximum atomic E-state index is 13.1. The number of carbonyl (C=O) groups excluding carboxylic acids is 1. The minimum absolute atomic E-state index is 0.150. The Morgan fingerprint density at radius 2 is 1.93 bits per heavy atom. The summed E-state index contributed by atoms with van der Waals surface area (Å²) in [6.45, 7) is 10.3. The number of thiocarbonyl (C=S) groups is 1. The molecule has 1 aliphatic rings. The molecule has 1 aliphatic heterocycles. The van der Waals surface area contributed by atoms with E-state index in [1.807, 2.05) is 55.8 Å². The molecule has 1 aromatic heterocycles. The summed E-state index contributed by atoms with van der Waals surface area (Å²) in [6, 6.07) is 7.67. The van der Waals surface area contributed by atoms with Crippen LogP contribution < -0.4 is 14.5 Å². The Balaban J connectivity index is 1.97. The molecule has 29 heavy (non-hydrogen) atoms. The van der Waals surface area contributed by atoms with Crippen molar-refractivity contribution in [1.29, 1.82) is 0 Å². The number of carbonyl (C=O) groups is 1. The van der Waals surface area contributed by atoms with E-state index in [0.29, 0.717) is 33.9 Å². The van der Waals surface area contributed by atoms with Gasteiger partial charge in [-0.15, -0.1) is 0 Å². The fourth-order valence-corrected chi connectivity index (χ4v) is 4.79. The molecule has 1 fully saturated rings. The van der Waals surface area contributed by atoms with Crippen molar-refractivity contribution in [3.63, 3.8) is 0 Å². The van der Waals surface area contributed by atoms with Crippen molar-refractivity contribution in [3.8, 4) is 11.5 Å². The van der Waals surface area contributed by atoms with Crippen LogP contribution in [0.3, 0.4) is 0 Å². The summed E-state index contributed by atoms with van der Waals surface area (Å²) < 4.78 is 14.5. The number of aryl methyl sites for hydroxylation is 2. The molecule has 0 radical (unpaired) electrons. The lowest BCUT2D eigenvalue weighted by atomic mass is 10.2. The number of hydrogen-bond donors (Lipinski definition) is 0. The smallest absolute Gasteiger partial charge is 0.285 e. The van der Waals surface area contributed by atoms with Crippen LogP contribution in [0.25, 0.3) is 6.08 Å². The van der Waals surface area contributed by atoms with E-state index in [0.717, 1.165) is 21.4 Å². The fourth-order valence-electron chi connectivity index (χ4n) is 2.98. The Kier molecular flexibility index (Phi) is 6.87. The molecule has 3 rings (SSSR count). The highest BCUT2D eigenvalue weighted by molar-refractivity contribution is 9.10. The van der Waals surface area contributed by atoms with Crippen LogP contribution in [-0.4, -0.2) is 28.1 Å². The molecule has 0 saturated carbocycles. The third kappa shape index (κ3) is 4.44. The second-order valence-electron chi connectivity index (χ2n) is 6.28. The molecule has 0 unspecified atom stereocenters. The van der Waals surface area contributed by atoms with Gasteiger partial charge in [0, 0.05) is 11.4 Å². The van der Waals surface area contributed by atoms with Gasteiger partial charge >= 0.3 is 0 Å². The van der Waals surface area contributed by atoms with E-state index >= 15 is 0 Å². The fraction of sp³-hybridized carbons (Fsp3) is 0.238. The molecule has 1 amide bonds. The number of rotatable bonds is 7. The minimum Gasteiger partial charge on any atom is -0.490 e. The van der Waals surface area contributed by atoms with E-state index in [4.69, 9.17) is 21.7 Å². The lowest BCUT2D eigenvalue weighted by Crippen LogP contribution is -2.39. The molecule has 152 valence electrons. The highest BCUT2D eigenvalue weighted by Crippen LogP contribution is 2.39. The van der Waals surface area contributed by atoms with E-state index in [1.165, 1.54) is 16.8 Å². The van der Waals surface area contributed by atoms with Crippen LogP contribution in [-0.2, 0) is 4.79 Å². The Labute approximate surface area is 188 Å². The first kappa shape index (κ1) is 21.7. The largest absolute Gasteiger partial charge is 0.490 e. The van der Waals surface area contributed by atoms with Gasteiger partial charge in [-0.2, -0.15) is 5.01 Å². The summed E-state index contributed by atoms with van der Waals surface area (Å²) in [5.41, 5.74) is 2.71. The summed E-state index contributed by atoms with van der Waals surface area (Å²) in [7, 11) is 0. The molecule has 0 spiro atoms. The zero-order valence-corrected chi connectivity index (χ0v) is 19.6. The first-order valence-electron chi connectivity index (χ1n) is 9.00. The van der Waals surface area contributed by atoms with Gasteiger partial charge in [0.1, 0.15) is 6.61 Å². The monoisotopic (exact) mass is 492 g/mol. The number of benzene rings is 1. The third-order valence-electron chi connectivity index (χ3n) is 4.18. The predicted octanol–water partition coefficient (Wildman–Crippen LogP) is 5.37. The lowest BCUT2D eigenvalue weighted by molar-refractivity contribution is -0.114. The molecule has 1 saturated heterocycles. The average molecular weight is 493 g/mol. The maximum absolute atomic E-state index is 13.1. The maximum Gasteiger partial charge on any atom is 0.285 e. The molecule has 0 N–H and O–H groups in total. The summed E-state index contributed by atoms with van der Waals surface area (Å²) in [6.07, 6.45) is 3.49. The Hall–Kier alpha value is -2.03. The van der Waals surface area contributed by atoms with E-state index in [2.05, 4.69) is 22.5 Å². The van der Waals surface area contributed by atoms with Crippen molar-refractivity contribution in [3.05, 3.63) is 63.2 Å². The number of aromatic nitrogens is 1. The van der Waals surface area contributed by atoms with Gasteiger partial charge in [-0.1, -0.05) is 24.4 Å². The number of hydrogen-bond acceptors (Lipinski definition) is 5. The number of thioether (sulfide) groups is 1.